The van der Waals surface area contributed by atoms with Gasteiger partial charge in [-0.1, -0.05) is 35.9 Å². The lowest BCUT2D eigenvalue weighted by atomic mass is 10.2. The average molecular weight is 461 g/mol. The van der Waals surface area contributed by atoms with E-state index in [1.807, 2.05) is 43.3 Å². The molecule has 0 saturated carbocycles. The zero-order valence-electron chi connectivity index (χ0n) is 13.8. The predicted octanol–water partition coefficient (Wildman–Crippen LogP) is 3.62. The monoisotopic (exact) mass is 460 g/mol. The summed E-state index contributed by atoms with van der Waals surface area (Å²) in [6.45, 7) is 3.89. The second-order valence-electron chi connectivity index (χ2n) is 4.81. The molecule has 0 atom stereocenters. The second-order valence-corrected chi connectivity index (χ2v) is 5.22. The van der Waals surface area contributed by atoms with Gasteiger partial charge in [-0.15, -0.1) is 24.0 Å². The smallest absolute Gasteiger partial charge is 0.218 e. The Hall–Kier alpha value is -1.54. The molecule has 0 fully saturated rings. The number of benzene rings is 1. The molecule has 7 heteroatoms. The van der Waals surface area contributed by atoms with Crippen molar-refractivity contribution < 1.29 is 4.74 Å². The third kappa shape index (κ3) is 6.16. The molecule has 0 spiro atoms. The number of aliphatic imine (C=N–C) groups is 1. The molecule has 0 bridgehead atoms. The maximum atomic E-state index is 6.17. The van der Waals surface area contributed by atoms with E-state index in [-0.39, 0.29) is 24.0 Å². The molecule has 1 heterocycles. The van der Waals surface area contributed by atoms with Gasteiger partial charge in [-0.2, -0.15) is 0 Å². The molecule has 0 aliphatic rings. The number of pyridine rings is 1. The highest BCUT2D eigenvalue weighted by Crippen LogP contribution is 2.15. The molecule has 0 aliphatic carbocycles. The van der Waals surface area contributed by atoms with E-state index in [0.29, 0.717) is 19.0 Å². The fourth-order valence-electron chi connectivity index (χ4n) is 2.05. The lowest BCUT2D eigenvalue weighted by molar-refractivity contribution is 0.392. The van der Waals surface area contributed by atoms with Gasteiger partial charge in [0.15, 0.2) is 5.96 Å². The van der Waals surface area contributed by atoms with Crippen molar-refractivity contribution in [3.8, 4) is 5.88 Å². The highest BCUT2D eigenvalue weighted by Gasteiger charge is 2.04. The van der Waals surface area contributed by atoms with Crippen LogP contribution in [0.15, 0.2) is 47.6 Å². The van der Waals surface area contributed by atoms with E-state index in [9.17, 15) is 0 Å². The van der Waals surface area contributed by atoms with E-state index >= 15 is 0 Å². The zero-order chi connectivity index (χ0) is 16.5. The minimum Gasteiger partial charge on any atom is -0.481 e. The standard InChI is InChI=1S/C17H21ClN4O.HI/c1-3-19-17(21-11-13-7-4-5-9-15(13)18)22-12-14-8-6-10-20-16(14)23-2;/h4-10H,3,11-12H2,1-2H3,(H2,19,21,22);1H. The fraction of sp³-hybridized carbons (Fsp3) is 0.294. The van der Waals surface area contributed by atoms with Gasteiger partial charge in [-0.3, -0.25) is 0 Å². The quantitative estimate of drug-likeness (QED) is 0.393. The summed E-state index contributed by atoms with van der Waals surface area (Å²) < 4.78 is 5.24. The Bertz CT molecular complexity index is 667. The predicted molar refractivity (Wildman–Crippen MR) is 109 cm³/mol. The SMILES string of the molecule is CCNC(=NCc1cccnc1OC)NCc1ccccc1Cl.I. The molecular formula is C17H22ClIN4O. The van der Waals surface area contributed by atoms with Gasteiger partial charge in [0.2, 0.25) is 5.88 Å². The van der Waals surface area contributed by atoms with Crippen LogP contribution in [0.1, 0.15) is 18.1 Å². The summed E-state index contributed by atoms with van der Waals surface area (Å²) in [6, 6.07) is 11.6. The number of guanidine groups is 1. The number of nitrogens with one attached hydrogen (secondary N) is 2. The average Bonchev–Trinajstić information content (AvgIpc) is 2.59. The summed E-state index contributed by atoms with van der Waals surface area (Å²) in [4.78, 5) is 8.74. The molecule has 1 aromatic heterocycles. The molecule has 0 aliphatic heterocycles. The van der Waals surface area contributed by atoms with Gasteiger partial charge in [0.05, 0.1) is 13.7 Å². The summed E-state index contributed by atoms with van der Waals surface area (Å²) in [5.41, 5.74) is 1.96. The molecule has 130 valence electrons. The fourth-order valence-corrected chi connectivity index (χ4v) is 2.26. The van der Waals surface area contributed by atoms with Gasteiger partial charge < -0.3 is 15.4 Å². The van der Waals surface area contributed by atoms with Crippen LogP contribution in [0.4, 0.5) is 0 Å². The molecule has 0 saturated heterocycles. The first kappa shape index (κ1) is 20.5. The van der Waals surface area contributed by atoms with E-state index in [1.165, 1.54) is 0 Å². The number of rotatable bonds is 6. The van der Waals surface area contributed by atoms with Crippen molar-refractivity contribution in [3.05, 3.63) is 58.7 Å². The van der Waals surface area contributed by atoms with Crippen LogP contribution in [0, 0.1) is 0 Å². The molecule has 2 N–H and O–H groups in total. The van der Waals surface area contributed by atoms with Gasteiger partial charge >= 0.3 is 0 Å². The highest BCUT2D eigenvalue weighted by molar-refractivity contribution is 14.0. The lowest BCUT2D eigenvalue weighted by Crippen LogP contribution is -2.36. The Morgan fingerprint density at radius 1 is 1.17 bits per heavy atom. The summed E-state index contributed by atoms with van der Waals surface area (Å²) in [5, 5.41) is 7.23. The van der Waals surface area contributed by atoms with E-state index in [1.54, 1.807) is 13.3 Å². The summed E-state index contributed by atoms with van der Waals surface area (Å²) >= 11 is 6.17. The number of nitrogens with zero attached hydrogens (tertiary/aromatic N) is 2. The van der Waals surface area contributed by atoms with Crippen LogP contribution in [0.3, 0.4) is 0 Å². The maximum absolute atomic E-state index is 6.17. The molecule has 0 unspecified atom stereocenters. The second kappa shape index (κ2) is 11.1. The molecule has 0 amide bonds. The van der Waals surface area contributed by atoms with E-state index in [0.717, 1.165) is 28.7 Å². The van der Waals surface area contributed by atoms with Crippen molar-refractivity contribution in [3.63, 3.8) is 0 Å². The molecule has 5 nitrogen and oxygen atoms in total. The highest BCUT2D eigenvalue weighted by atomic mass is 127. The number of methoxy groups -OCH3 is 1. The Morgan fingerprint density at radius 3 is 2.62 bits per heavy atom. The largest absolute Gasteiger partial charge is 0.481 e. The first-order valence-corrected chi connectivity index (χ1v) is 7.85. The number of aromatic nitrogens is 1. The van der Waals surface area contributed by atoms with Crippen molar-refractivity contribution in [1.29, 1.82) is 0 Å². The van der Waals surface area contributed by atoms with Crippen molar-refractivity contribution in [2.24, 2.45) is 4.99 Å². The minimum absolute atomic E-state index is 0. The normalized spacial score (nSPS) is 10.7. The third-order valence-electron chi connectivity index (χ3n) is 3.20. The Labute approximate surface area is 164 Å². The lowest BCUT2D eigenvalue weighted by Gasteiger charge is -2.12. The van der Waals surface area contributed by atoms with Gasteiger partial charge in [-0.05, 0) is 24.6 Å². The van der Waals surface area contributed by atoms with Crippen molar-refractivity contribution in [2.75, 3.05) is 13.7 Å². The molecule has 1 aromatic carbocycles. The zero-order valence-corrected chi connectivity index (χ0v) is 16.8. The van der Waals surface area contributed by atoms with Crippen molar-refractivity contribution >= 4 is 41.5 Å². The molecule has 24 heavy (non-hydrogen) atoms. The van der Waals surface area contributed by atoms with Crippen molar-refractivity contribution in [2.45, 2.75) is 20.0 Å². The molecule has 0 radical (unpaired) electrons. The number of hydrogen-bond donors (Lipinski definition) is 2. The number of hydrogen-bond acceptors (Lipinski definition) is 3. The third-order valence-corrected chi connectivity index (χ3v) is 3.57. The van der Waals surface area contributed by atoms with Crippen LogP contribution in [0.25, 0.3) is 0 Å². The molecule has 2 aromatic rings. The van der Waals surface area contributed by atoms with E-state index < -0.39 is 0 Å². The van der Waals surface area contributed by atoms with Crippen LogP contribution in [-0.4, -0.2) is 24.6 Å². The van der Waals surface area contributed by atoms with Crippen LogP contribution in [0.2, 0.25) is 5.02 Å². The number of ether oxygens (including phenoxy) is 1. The van der Waals surface area contributed by atoms with Crippen LogP contribution in [-0.2, 0) is 13.1 Å². The first-order valence-electron chi connectivity index (χ1n) is 7.48. The first-order chi connectivity index (χ1) is 11.2. The topological polar surface area (TPSA) is 58.5 Å². The summed E-state index contributed by atoms with van der Waals surface area (Å²) in [7, 11) is 1.61. The minimum atomic E-state index is 0. The maximum Gasteiger partial charge on any atom is 0.218 e. The van der Waals surface area contributed by atoms with Gasteiger partial charge in [0, 0.05) is 29.9 Å². The number of halogens is 2. The Morgan fingerprint density at radius 2 is 1.92 bits per heavy atom. The van der Waals surface area contributed by atoms with E-state index in [4.69, 9.17) is 16.3 Å². The van der Waals surface area contributed by atoms with Gasteiger partial charge in [0.25, 0.3) is 0 Å². The van der Waals surface area contributed by atoms with Gasteiger partial charge in [-0.25, -0.2) is 9.98 Å². The van der Waals surface area contributed by atoms with Crippen LogP contribution < -0.4 is 15.4 Å². The Balaban J connectivity index is 0.00000288. The van der Waals surface area contributed by atoms with E-state index in [2.05, 4.69) is 20.6 Å². The van der Waals surface area contributed by atoms with Crippen molar-refractivity contribution in [1.82, 2.24) is 15.6 Å². The summed E-state index contributed by atoms with van der Waals surface area (Å²) in [6.07, 6.45) is 1.70. The van der Waals surface area contributed by atoms with Crippen LogP contribution in [0.5, 0.6) is 5.88 Å². The Kier molecular flexibility index (Phi) is 9.48. The van der Waals surface area contributed by atoms with Crippen LogP contribution >= 0.6 is 35.6 Å². The molecule has 2 rings (SSSR count). The molecular weight excluding hydrogens is 439 g/mol. The van der Waals surface area contributed by atoms with Gasteiger partial charge in [0.1, 0.15) is 0 Å². The summed E-state index contributed by atoms with van der Waals surface area (Å²) in [5.74, 6) is 1.32.